The molecule has 0 radical (unpaired) electrons. The van der Waals surface area contributed by atoms with Crippen LogP contribution in [0.4, 0.5) is 5.69 Å². The Balaban J connectivity index is 2.16. The van der Waals surface area contributed by atoms with Gasteiger partial charge in [-0.1, -0.05) is 42.5 Å². The van der Waals surface area contributed by atoms with Crippen LogP contribution in [0, 0.1) is 0 Å². The van der Waals surface area contributed by atoms with Crippen molar-refractivity contribution in [3.63, 3.8) is 0 Å². The zero-order valence-electron chi connectivity index (χ0n) is 11.0. The molecule has 0 amide bonds. The molecule has 0 saturated heterocycles. The summed E-state index contributed by atoms with van der Waals surface area (Å²) >= 11 is 0. The molecule has 2 rings (SSSR count). The highest BCUT2D eigenvalue weighted by Gasteiger charge is 2.10. The molecule has 0 aliphatic rings. The van der Waals surface area contributed by atoms with Crippen molar-refractivity contribution >= 4 is 5.69 Å². The third-order valence-corrected chi connectivity index (χ3v) is 2.99. The molecule has 0 saturated carbocycles. The Bertz CT molecular complexity index is 499. The van der Waals surface area contributed by atoms with E-state index in [0.717, 1.165) is 11.3 Å². The average Bonchev–Trinajstić information content (AvgIpc) is 2.48. The lowest BCUT2D eigenvalue weighted by atomic mass is 10.1. The van der Waals surface area contributed by atoms with E-state index in [9.17, 15) is 0 Å². The van der Waals surface area contributed by atoms with Crippen LogP contribution >= 0.6 is 0 Å². The predicted octanol–water partition coefficient (Wildman–Crippen LogP) is 2.98. The quantitative estimate of drug-likeness (QED) is 0.836. The van der Waals surface area contributed by atoms with Gasteiger partial charge in [-0.05, 0) is 23.3 Å². The van der Waals surface area contributed by atoms with Crippen LogP contribution in [-0.2, 0) is 11.3 Å². The van der Waals surface area contributed by atoms with Gasteiger partial charge >= 0.3 is 0 Å². The second-order valence-electron chi connectivity index (χ2n) is 4.42. The summed E-state index contributed by atoms with van der Waals surface area (Å²) in [5.41, 5.74) is 3.06. The molecule has 3 heteroatoms. The van der Waals surface area contributed by atoms with Crippen molar-refractivity contribution in [2.45, 2.75) is 12.6 Å². The standard InChI is InChI=1S/C16H19NO2/c1-19-12-16(14-7-3-2-4-8-14)17-15-9-5-6-13(10-15)11-18/h2-10,16-18H,11-12H2,1H3. The SMILES string of the molecule is COCC(Nc1cccc(CO)c1)c1ccccc1. The zero-order chi connectivity index (χ0) is 13.5. The maximum absolute atomic E-state index is 9.16. The summed E-state index contributed by atoms with van der Waals surface area (Å²) in [4.78, 5) is 0. The van der Waals surface area contributed by atoms with Crippen LogP contribution in [-0.4, -0.2) is 18.8 Å². The van der Waals surface area contributed by atoms with Gasteiger partial charge < -0.3 is 15.2 Å². The van der Waals surface area contributed by atoms with Crippen molar-refractivity contribution in [3.8, 4) is 0 Å². The number of benzene rings is 2. The van der Waals surface area contributed by atoms with Crippen molar-refractivity contribution in [1.29, 1.82) is 0 Å². The summed E-state index contributed by atoms with van der Waals surface area (Å²) in [7, 11) is 1.70. The van der Waals surface area contributed by atoms with Gasteiger partial charge in [-0.15, -0.1) is 0 Å². The molecule has 100 valence electrons. The Labute approximate surface area is 113 Å². The van der Waals surface area contributed by atoms with Crippen molar-refractivity contribution in [1.82, 2.24) is 0 Å². The monoisotopic (exact) mass is 257 g/mol. The van der Waals surface area contributed by atoms with Crippen LogP contribution in [0.3, 0.4) is 0 Å². The Morgan fingerprint density at radius 3 is 2.58 bits per heavy atom. The first-order chi connectivity index (χ1) is 9.33. The molecule has 0 spiro atoms. The molecule has 0 heterocycles. The number of nitrogens with one attached hydrogen (secondary N) is 1. The highest BCUT2D eigenvalue weighted by Crippen LogP contribution is 2.20. The number of hydrogen-bond acceptors (Lipinski definition) is 3. The number of hydrogen-bond donors (Lipinski definition) is 2. The largest absolute Gasteiger partial charge is 0.392 e. The van der Waals surface area contributed by atoms with Crippen molar-refractivity contribution < 1.29 is 9.84 Å². The Kier molecular flexibility index (Phi) is 4.95. The summed E-state index contributed by atoms with van der Waals surface area (Å²) < 4.78 is 5.28. The summed E-state index contributed by atoms with van der Waals surface area (Å²) in [6, 6.07) is 18.1. The number of anilines is 1. The van der Waals surface area contributed by atoms with Crippen LogP contribution in [0.5, 0.6) is 0 Å². The van der Waals surface area contributed by atoms with Gasteiger partial charge in [-0.25, -0.2) is 0 Å². The van der Waals surface area contributed by atoms with E-state index in [0.29, 0.717) is 6.61 Å². The lowest BCUT2D eigenvalue weighted by Gasteiger charge is -2.20. The van der Waals surface area contributed by atoms with Crippen molar-refractivity contribution in [2.75, 3.05) is 19.0 Å². The van der Waals surface area contributed by atoms with E-state index in [1.807, 2.05) is 42.5 Å². The smallest absolute Gasteiger partial charge is 0.0747 e. The van der Waals surface area contributed by atoms with Gasteiger partial charge in [0, 0.05) is 12.8 Å². The zero-order valence-corrected chi connectivity index (χ0v) is 11.0. The van der Waals surface area contributed by atoms with Crippen molar-refractivity contribution in [3.05, 3.63) is 65.7 Å². The summed E-state index contributed by atoms with van der Waals surface area (Å²) in [6.45, 7) is 0.642. The second kappa shape index (κ2) is 6.92. The predicted molar refractivity (Wildman–Crippen MR) is 77.0 cm³/mol. The lowest BCUT2D eigenvalue weighted by Crippen LogP contribution is -2.16. The maximum atomic E-state index is 9.16. The molecular weight excluding hydrogens is 238 g/mol. The van der Waals surface area contributed by atoms with Gasteiger partial charge in [0.05, 0.1) is 19.3 Å². The lowest BCUT2D eigenvalue weighted by molar-refractivity contribution is 0.186. The first-order valence-corrected chi connectivity index (χ1v) is 6.33. The molecule has 0 bridgehead atoms. The van der Waals surface area contributed by atoms with E-state index in [4.69, 9.17) is 9.84 Å². The van der Waals surface area contributed by atoms with Gasteiger partial charge in [-0.3, -0.25) is 0 Å². The molecule has 0 aromatic heterocycles. The molecule has 1 unspecified atom stereocenters. The topological polar surface area (TPSA) is 41.5 Å². The first kappa shape index (κ1) is 13.6. The van der Waals surface area contributed by atoms with Crippen LogP contribution in [0.15, 0.2) is 54.6 Å². The Morgan fingerprint density at radius 2 is 1.89 bits per heavy atom. The summed E-state index contributed by atoms with van der Waals surface area (Å²) in [5.74, 6) is 0. The fraction of sp³-hybridized carbons (Fsp3) is 0.250. The Hall–Kier alpha value is -1.84. The van der Waals surface area contributed by atoms with Gasteiger partial charge in [0.15, 0.2) is 0 Å². The molecule has 1 atom stereocenters. The number of aliphatic hydroxyl groups is 1. The van der Waals surface area contributed by atoms with Crippen LogP contribution in [0.1, 0.15) is 17.2 Å². The normalized spacial score (nSPS) is 12.1. The third-order valence-electron chi connectivity index (χ3n) is 2.99. The molecule has 2 aromatic rings. The number of ether oxygens (including phenoxy) is 1. The third kappa shape index (κ3) is 3.81. The average molecular weight is 257 g/mol. The molecule has 19 heavy (non-hydrogen) atoms. The van der Waals surface area contributed by atoms with E-state index >= 15 is 0 Å². The molecule has 2 aromatic carbocycles. The fourth-order valence-corrected chi connectivity index (χ4v) is 2.03. The van der Waals surface area contributed by atoms with Crippen molar-refractivity contribution in [2.24, 2.45) is 0 Å². The Morgan fingerprint density at radius 1 is 1.11 bits per heavy atom. The second-order valence-corrected chi connectivity index (χ2v) is 4.42. The van der Waals surface area contributed by atoms with Crippen LogP contribution in [0.2, 0.25) is 0 Å². The minimum Gasteiger partial charge on any atom is -0.392 e. The maximum Gasteiger partial charge on any atom is 0.0747 e. The molecule has 0 aliphatic heterocycles. The number of rotatable bonds is 6. The van der Waals surface area contributed by atoms with E-state index in [1.165, 1.54) is 5.56 Å². The van der Waals surface area contributed by atoms with E-state index < -0.39 is 0 Å². The van der Waals surface area contributed by atoms with Crippen LogP contribution < -0.4 is 5.32 Å². The molecule has 2 N–H and O–H groups in total. The number of methoxy groups -OCH3 is 1. The van der Waals surface area contributed by atoms with Gasteiger partial charge in [0.1, 0.15) is 0 Å². The minimum atomic E-state index is 0.0514. The van der Waals surface area contributed by atoms with E-state index in [-0.39, 0.29) is 12.6 Å². The highest BCUT2D eigenvalue weighted by molar-refractivity contribution is 5.47. The molecule has 0 aliphatic carbocycles. The van der Waals surface area contributed by atoms with Crippen LogP contribution in [0.25, 0.3) is 0 Å². The summed E-state index contributed by atoms with van der Waals surface area (Å²) in [5, 5.41) is 12.6. The van der Waals surface area contributed by atoms with E-state index in [1.54, 1.807) is 7.11 Å². The summed E-state index contributed by atoms with van der Waals surface area (Å²) in [6.07, 6.45) is 0. The minimum absolute atomic E-state index is 0.0514. The molecular formula is C16H19NO2. The molecule has 3 nitrogen and oxygen atoms in total. The van der Waals surface area contributed by atoms with E-state index in [2.05, 4.69) is 17.4 Å². The first-order valence-electron chi connectivity index (χ1n) is 6.33. The fourth-order valence-electron chi connectivity index (χ4n) is 2.03. The number of aliphatic hydroxyl groups excluding tert-OH is 1. The van der Waals surface area contributed by atoms with Gasteiger partial charge in [0.25, 0.3) is 0 Å². The highest BCUT2D eigenvalue weighted by atomic mass is 16.5. The van der Waals surface area contributed by atoms with Gasteiger partial charge in [-0.2, -0.15) is 0 Å². The molecule has 0 fully saturated rings. The van der Waals surface area contributed by atoms with Gasteiger partial charge in [0.2, 0.25) is 0 Å².